The molecular formula is C28H29FN4O2S2. The summed E-state index contributed by atoms with van der Waals surface area (Å²) in [6.07, 6.45) is 0. The third-order valence-corrected chi connectivity index (χ3v) is 8.33. The molecule has 0 bridgehead atoms. The van der Waals surface area contributed by atoms with Crippen LogP contribution in [-0.4, -0.2) is 52.1 Å². The fraction of sp³-hybridized carbons (Fsp3) is 0.286. The molecule has 6 nitrogen and oxygen atoms in total. The first-order valence-electron chi connectivity index (χ1n) is 12.1. The number of hydrogen-bond acceptors (Lipinski definition) is 8. The van der Waals surface area contributed by atoms with Crippen LogP contribution in [0.25, 0.3) is 0 Å². The van der Waals surface area contributed by atoms with E-state index in [0.29, 0.717) is 21.3 Å². The summed E-state index contributed by atoms with van der Waals surface area (Å²) in [5.74, 6) is 4.34. The maximum Gasteiger partial charge on any atom is 0.150 e. The van der Waals surface area contributed by atoms with Crippen molar-refractivity contribution in [1.82, 2.24) is 10.6 Å². The van der Waals surface area contributed by atoms with Crippen molar-refractivity contribution in [1.29, 1.82) is 0 Å². The van der Waals surface area contributed by atoms with Crippen molar-refractivity contribution in [3.63, 3.8) is 0 Å². The monoisotopic (exact) mass is 536 g/mol. The van der Waals surface area contributed by atoms with E-state index >= 15 is 4.39 Å². The second kappa shape index (κ2) is 11.9. The van der Waals surface area contributed by atoms with E-state index in [1.807, 2.05) is 54.6 Å². The summed E-state index contributed by atoms with van der Waals surface area (Å²) in [7, 11) is 3.32. The first-order chi connectivity index (χ1) is 18.2. The van der Waals surface area contributed by atoms with Gasteiger partial charge in [0, 0.05) is 56.6 Å². The van der Waals surface area contributed by atoms with Crippen molar-refractivity contribution in [3.05, 3.63) is 82.7 Å². The van der Waals surface area contributed by atoms with Crippen LogP contribution in [0.3, 0.4) is 0 Å². The van der Waals surface area contributed by atoms with E-state index in [1.54, 1.807) is 14.2 Å². The Balaban J connectivity index is 1.26. The first kappa shape index (κ1) is 25.5. The minimum Gasteiger partial charge on any atom is -0.496 e. The van der Waals surface area contributed by atoms with Gasteiger partial charge in [-0.05, 0) is 24.3 Å². The number of hydrogen-bond donors (Lipinski definition) is 2. The summed E-state index contributed by atoms with van der Waals surface area (Å²) in [4.78, 5) is 10.2. The van der Waals surface area contributed by atoms with Gasteiger partial charge in [0.2, 0.25) is 0 Å². The predicted molar refractivity (Wildman–Crippen MR) is 150 cm³/mol. The van der Waals surface area contributed by atoms with E-state index in [4.69, 9.17) is 9.47 Å². The van der Waals surface area contributed by atoms with Crippen LogP contribution in [0, 0.1) is 5.82 Å². The lowest BCUT2D eigenvalue weighted by Crippen LogP contribution is -2.19. The summed E-state index contributed by atoms with van der Waals surface area (Å²) in [5, 5.41) is 6.57. The third-order valence-electron chi connectivity index (χ3n) is 6.16. The Morgan fingerprint density at radius 1 is 0.757 bits per heavy atom. The molecule has 9 heteroatoms. The van der Waals surface area contributed by atoms with Crippen molar-refractivity contribution >= 4 is 35.2 Å². The Hall–Kier alpha value is -3.17. The number of thioether (sulfide) groups is 2. The zero-order valence-corrected chi connectivity index (χ0v) is 22.5. The molecule has 0 amide bonds. The number of aliphatic imine (C=N–C) groups is 2. The number of nitrogens with zero attached hydrogens (tertiary/aromatic N) is 2. The number of halogens is 1. The second-order valence-corrected chi connectivity index (χ2v) is 10.5. The molecule has 37 heavy (non-hydrogen) atoms. The summed E-state index contributed by atoms with van der Waals surface area (Å²) in [6, 6.07) is 17.7. The predicted octanol–water partition coefficient (Wildman–Crippen LogP) is 5.13. The molecule has 0 unspecified atom stereocenters. The molecule has 0 atom stereocenters. The highest BCUT2D eigenvalue weighted by atomic mass is 32.2. The molecule has 3 aromatic rings. The number of nitrogens with one attached hydrogen (secondary N) is 2. The molecule has 5 rings (SSSR count). The van der Waals surface area contributed by atoms with Gasteiger partial charge in [-0.2, -0.15) is 0 Å². The van der Waals surface area contributed by atoms with Crippen molar-refractivity contribution in [2.75, 3.05) is 40.4 Å². The lowest BCUT2D eigenvalue weighted by atomic mass is 10.1. The van der Waals surface area contributed by atoms with E-state index in [-0.39, 0.29) is 5.82 Å². The Morgan fingerprint density at radius 2 is 1.24 bits per heavy atom. The highest BCUT2D eigenvalue weighted by molar-refractivity contribution is 7.99. The van der Waals surface area contributed by atoms with Crippen molar-refractivity contribution in [3.8, 4) is 11.5 Å². The van der Waals surface area contributed by atoms with Gasteiger partial charge in [-0.1, -0.05) is 30.3 Å². The van der Waals surface area contributed by atoms with Gasteiger partial charge in [-0.3, -0.25) is 9.98 Å². The summed E-state index contributed by atoms with van der Waals surface area (Å²) >= 11 is 2.94. The lowest BCUT2D eigenvalue weighted by Gasteiger charge is -2.13. The number of amidine groups is 2. The molecule has 2 N–H and O–H groups in total. The molecule has 2 aliphatic heterocycles. The van der Waals surface area contributed by atoms with E-state index in [2.05, 4.69) is 20.6 Å². The van der Waals surface area contributed by atoms with Crippen molar-refractivity contribution < 1.29 is 13.9 Å². The zero-order valence-electron chi connectivity index (χ0n) is 20.8. The number of rotatable bonds is 10. The van der Waals surface area contributed by atoms with Gasteiger partial charge in [0.15, 0.2) is 0 Å². The fourth-order valence-corrected chi connectivity index (χ4v) is 6.22. The van der Waals surface area contributed by atoms with E-state index in [9.17, 15) is 0 Å². The summed E-state index contributed by atoms with van der Waals surface area (Å²) < 4.78 is 26.7. The average molecular weight is 537 g/mol. The average Bonchev–Trinajstić information content (AvgIpc) is 3.67. The fourth-order valence-electron chi connectivity index (χ4n) is 4.23. The second-order valence-electron chi connectivity index (χ2n) is 8.51. The smallest absolute Gasteiger partial charge is 0.150 e. The molecule has 0 saturated heterocycles. The Morgan fingerprint density at radius 3 is 1.65 bits per heavy atom. The topological polar surface area (TPSA) is 67.2 Å². The van der Waals surface area contributed by atoms with Crippen LogP contribution >= 0.6 is 23.5 Å². The molecule has 0 aliphatic carbocycles. The maximum absolute atomic E-state index is 15.4. The third kappa shape index (κ3) is 5.88. The largest absolute Gasteiger partial charge is 0.496 e. The van der Waals surface area contributed by atoms with Gasteiger partial charge in [0.05, 0.1) is 27.3 Å². The summed E-state index contributed by atoms with van der Waals surface area (Å²) in [5.41, 5.74) is 4.03. The van der Waals surface area contributed by atoms with Crippen LogP contribution in [0.1, 0.15) is 22.3 Å². The molecule has 0 radical (unpaired) electrons. The minimum atomic E-state index is -0.197. The zero-order chi connectivity index (χ0) is 25.6. The SMILES string of the molecule is COc1cc(C2=NCCN2)ccc1CSc1cccc(SCc2ccc(C3=NCCN3)cc2OC)c1F. The highest BCUT2D eigenvalue weighted by Crippen LogP contribution is 2.36. The quantitative estimate of drug-likeness (QED) is 0.351. The molecular weight excluding hydrogens is 507 g/mol. The van der Waals surface area contributed by atoms with Crippen LogP contribution in [-0.2, 0) is 11.5 Å². The number of benzene rings is 3. The molecule has 2 aliphatic rings. The molecule has 0 spiro atoms. The molecule has 0 saturated carbocycles. The van der Waals surface area contributed by atoms with Gasteiger partial charge < -0.3 is 20.1 Å². The lowest BCUT2D eigenvalue weighted by molar-refractivity contribution is 0.411. The molecule has 2 heterocycles. The van der Waals surface area contributed by atoms with Crippen LogP contribution in [0.2, 0.25) is 0 Å². The van der Waals surface area contributed by atoms with Gasteiger partial charge in [-0.25, -0.2) is 4.39 Å². The molecule has 3 aromatic carbocycles. The highest BCUT2D eigenvalue weighted by Gasteiger charge is 2.16. The molecule has 0 aromatic heterocycles. The van der Waals surface area contributed by atoms with Gasteiger partial charge in [0.1, 0.15) is 29.0 Å². The van der Waals surface area contributed by atoms with Gasteiger partial charge >= 0.3 is 0 Å². The van der Waals surface area contributed by atoms with Crippen LogP contribution in [0.4, 0.5) is 4.39 Å². The maximum atomic E-state index is 15.4. The van der Waals surface area contributed by atoms with Crippen LogP contribution in [0.15, 0.2) is 74.4 Å². The van der Waals surface area contributed by atoms with E-state index in [0.717, 1.165) is 71.6 Å². The Kier molecular flexibility index (Phi) is 8.21. The minimum absolute atomic E-state index is 0.197. The standard InChI is InChI=1S/C28H29FN4O2S2/c1-34-22-14-18(27-30-10-11-31-27)6-8-20(22)16-36-24-4-3-5-25(26(24)29)37-17-21-9-7-19(15-23(21)35-2)28-32-12-13-33-28/h3-9,14-15H,10-13,16-17H2,1-2H3,(H,30,31)(H,32,33). The number of ether oxygens (including phenoxy) is 2. The molecule has 0 fully saturated rings. The van der Waals surface area contributed by atoms with Gasteiger partial charge in [0.25, 0.3) is 0 Å². The van der Waals surface area contributed by atoms with E-state index in [1.165, 1.54) is 23.5 Å². The van der Waals surface area contributed by atoms with E-state index < -0.39 is 0 Å². The Labute approximate surface area is 225 Å². The van der Waals surface area contributed by atoms with Gasteiger partial charge in [-0.15, -0.1) is 23.5 Å². The molecule has 192 valence electrons. The Bertz CT molecular complexity index is 1250. The summed E-state index contributed by atoms with van der Waals surface area (Å²) in [6.45, 7) is 3.28. The van der Waals surface area contributed by atoms with Crippen molar-refractivity contribution in [2.45, 2.75) is 21.3 Å². The van der Waals surface area contributed by atoms with Crippen molar-refractivity contribution in [2.24, 2.45) is 9.98 Å². The first-order valence-corrected chi connectivity index (χ1v) is 14.1. The number of methoxy groups -OCH3 is 2. The van der Waals surface area contributed by atoms with Crippen LogP contribution < -0.4 is 20.1 Å². The van der Waals surface area contributed by atoms with Crippen LogP contribution in [0.5, 0.6) is 11.5 Å². The normalized spacial score (nSPS) is 14.6.